The number of carboxylic acid groups (broad SMARTS) is 1. The molecule has 1 heterocycles. The molecule has 0 radical (unpaired) electrons. The first-order chi connectivity index (χ1) is 8.95. The fourth-order valence-corrected chi connectivity index (χ4v) is 2.14. The number of aromatic amines is 1. The maximum Gasteiger partial charge on any atom is 0.304 e. The van der Waals surface area contributed by atoms with Gasteiger partial charge >= 0.3 is 5.97 Å². The van der Waals surface area contributed by atoms with E-state index in [2.05, 4.69) is 16.0 Å². The molecular weight excluding hydrogens is 242 g/mol. The molecule has 2 N–H and O–H groups in total. The highest BCUT2D eigenvalue weighted by Gasteiger charge is 2.13. The van der Waals surface area contributed by atoms with Gasteiger partial charge in [0.1, 0.15) is 5.82 Å². The van der Waals surface area contributed by atoms with Gasteiger partial charge in [0.15, 0.2) is 0 Å². The first kappa shape index (κ1) is 13.5. The third kappa shape index (κ3) is 3.32. The van der Waals surface area contributed by atoms with Gasteiger partial charge in [0.05, 0.1) is 17.5 Å². The van der Waals surface area contributed by atoms with Gasteiger partial charge in [-0.1, -0.05) is 6.07 Å². The second-order valence-electron chi connectivity index (χ2n) is 5.04. The van der Waals surface area contributed by atoms with Gasteiger partial charge in [-0.2, -0.15) is 0 Å². The minimum Gasteiger partial charge on any atom is -0.481 e. The summed E-state index contributed by atoms with van der Waals surface area (Å²) in [5.74, 6) is 0.138. The predicted octanol–water partition coefficient (Wildman–Crippen LogP) is 2.17. The Hall–Kier alpha value is -1.88. The standard InChI is InChI=1S/C14H19N3O2/c1-9(6-14(18)19)17(3)8-11-4-5-12-13(7-11)16-10(2)15-12/h4-5,7,9H,6,8H2,1-3H3,(H,15,16)(H,18,19). The first-order valence-corrected chi connectivity index (χ1v) is 6.33. The SMILES string of the molecule is Cc1nc2ccc(CN(C)C(C)CC(=O)O)cc2[nH]1. The number of carboxylic acids is 1. The van der Waals surface area contributed by atoms with Crippen LogP contribution in [0.1, 0.15) is 24.7 Å². The van der Waals surface area contributed by atoms with Crippen LogP contribution < -0.4 is 0 Å². The van der Waals surface area contributed by atoms with Crippen molar-refractivity contribution in [3.05, 3.63) is 29.6 Å². The number of nitrogens with zero attached hydrogens (tertiary/aromatic N) is 2. The number of aliphatic carboxylic acids is 1. The third-order valence-corrected chi connectivity index (χ3v) is 3.32. The number of H-pyrrole nitrogens is 1. The van der Waals surface area contributed by atoms with E-state index in [0.717, 1.165) is 29.0 Å². The zero-order valence-electron chi connectivity index (χ0n) is 11.5. The molecule has 2 rings (SSSR count). The third-order valence-electron chi connectivity index (χ3n) is 3.32. The molecule has 0 aliphatic carbocycles. The molecule has 2 aromatic rings. The number of rotatable bonds is 5. The number of aromatic nitrogens is 2. The molecule has 0 fully saturated rings. The number of aryl methyl sites for hydroxylation is 1. The van der Waals surface area contributed by atoms with Gasteiger partial charge in [-0.05, 0) is 38.6 Å². The summed E-state index contributed by atoms with van der Waals surface area (Å²) >= 11 is 0. The van der Waals surface area contributed by atoms with Crippen molar-refractivity contribution in [2.45, 2.75) is 32.9 Å². The first-order valence-electron chi connectivity index (χ1n) is 6.33. The summed E-state index contributed by atoms with van der Waals surface area (Å²) in [6.07, 6.45) is 0.155. The lowest BCUT2D eigenvalue weighted by molar-refractivity contribution is -0.138. The van der Waals surface area contributed by atoms with Gasteiger partial charge in [-0.25, -0.2) is 4.98 Å². The van der Waals surface area contributed by atoms with Crippen LogP contribution in [0.5, 0.6) is 0 Å². The van der Waals surface area contributed by atoms with Crippen molar-refractivity contribution in [3.63, 3.8) is 0 Å². The Kier molecular flexibility index (Phi) is 3.85. The number of nitrogens with one attached hydrogen (secondary N) is 1. The zero-order chi connectivity index (χ0) is 14.0. The minimum absolute atomic E-state index is 0.0108. The highest BCUT2D eigenvalue weighted by molar-refractivity contribution is 5.75. The van der Waals surface area contributed by atoms with E-state index in [0.29, 0.717) is 0 Å². The van der Waals surface area contributed by atoms with E-state index >= 15 is 0 Å². The van der Waals surface area contributed by atoms with E-state index in [4.69, 9.17) is 5.11 Å². The maximum absolute atomic E-state index is 10.7. The molecule has 5 heteroatoms. The molecule has 1 atom stereocenters. The quantitative estimate of drug-likeness (QED) is 0.865. The van der Waals surface area contributed by atoms with Crippen LogP contribution in [0, 0.1) is 6.92 Å². The van der Waals surface area contributed by atoms with E-state index in [9.17, 15) is 4.79 Å². The Morgan fingerprint density at radius 2 is 2.26 bits per heavy atom. The van der Waals surface area contributed by atoms with Gasteiger partial charge in [0.2, 0.25) is 0 Å². The predicted molar refractivity (Wildman–Crippen MR) is 74.0 cm³/mol. The van der Waals surface area contributed by atoms with Crippen LogP contribution in [0.25, 0.3) is 11.0 Å². The van der Waals surface area contributed by atoms with Crippen molar-refractivity contribution in [3.8, 4) is 0 Å². The van der Waals surface area contributed by atoms with E-state index in [1.165, 1.54) is 0 Å². The fourth-order valence-electron chi connectivity index (χ4n) is 2.14. The minimum atomic E-state index is -0.765. The summed E-state index contributed by atoms with van der Waals surface area (Å²) < 4.78 is 0. The molecule has 1 aromatic carbocycles. The van der Waals surface area contributed by atoms with Crippen LogP contribution in [-0.4, -0.2) is 39.0 Å². The Morgan fingerprint density at radius 3 is 2.95 bits per heavy atom. The van der Waals surface area contributed by atoms with E-state index < -0.39 is 5.97 Å². The molecule has 0 saturated carbocycles. The van der Waals surface area contributed by atoms with Gasteiger partial charge in [0.25, 0.3) is 0 Å². The average Bonchev–Trinajstić information content (AvgIpc) is 2.67. The number of carbonyl (C=O) groups is 1. The summed E-state index contributed by atoms with van der Waals surface area (Å²) in [5, 5.41) is 8.80. The van der Waals surface area contributed by atoms with Crippen molar-refractivity contribution in [2.75, 3.05) is 7.05 Å². The van der Waals surface area contributed by atoms with Crippen molar-refractivity contribution < 1.29 is 9.90 Å². The molecule has 0 aliphatic rings. The van der Waals surface area contributed by atoms with Crippen LogP contribution in [-0.2, 0) is 11.3 Å². The number of fused-ring (bicyclic) bond motifs is 1. The van der Waals surface area contributed by atoms with Crippen molar-refractivity contribution >= 4 is 17.0 Å². The zero-order valence-corrected chi connectivity index (χ0v) is 11.5. The Labute approximate surface area is 112 Å². The van der Waals surface area contributed by atoms with Crippen LogP contribution >= 0.6 is 0 Å². The molecule has 0 bridgehead atoms. The smallest absolute Gasteiger partial charge is 0.304 e. The molecule has 5 nitrogen and oxygen atoms in total. The van der Waals surface area contributed by atoms with Gasteiger partial charge < -0.3 is 10.1 Å². The summed E-state index contributed by atoms with van der Waals surface area (Å²) in [4.78, 5) is 20.3. The molecule has 1 aromatic heterocycles. The second kappa shape index (κ2) is 5.40. The summed E-state index contributed by atoms with van der Waals surface area (Å²) in [5.41, 5.74) is 3.13. The second-order valence-corrected chi connectivity index (χ2v) is 5.04. The van der Waals surface area contributed by atoms with Gasteiger partial charge in [-0.15, -0.1) is 0 Å². The van der Waals surface area contributed by atoms with E-state index in [1.54, 1.807) is 0 Å². The van der Waals surface area contributed by atoms with Crippen LogP contribution in [0.2, 0.25) is 0 Å². The molecule has 0 saturated heterocycles. The summed E-state index contributed by atoms with van der Waals surface area (Å²) in [7, 11) is 1.94. The maximum atomic E-state index is 10.7. The molecule has 1 unspecified atom stereocenters. The molecule has 102 valence electrons. The lowest BCUT2D eigenvalue weighted by Gasteiger charge is -2.23. The van der Waals surface area contributed by atoms with Gasteiger partial charge in [0, 0.05) is 12.6 Å². The van der Waals surface area contributed by atoms with E-state index in [1.807, 2.05) is 37.9 Å². The topological polar surface area (TPSA) is 69.2 Å². The number of benzene rings is 1. The highest BCUT2D eigenvalue weighted by Crippen LogP contribution is 2.16. The summed E-state index contributed by atoms with van der Waals surface area (Å²) in [6, 6.07) is 6.10. The van der Waals surface area contributed by atoms with Gasteiger partial charge in [-0.3, -0.25) is 9.69 Å². The fraction of sp³-hybridized carbons (Fsp3) is 0.429. The number of imidazole rings is 1. The van der Waals surface area contributed by atoms with Crippen LogP contribution in [0.3, 0.4) is 0 Å². The Morgan fingerprint density at radius 1 is 1.53 bits per heavy atom. The molecule has 0 spiro atoms. The lowest BCUT2D eigenvalue weighted by atomic mass is 10.1. The average molecular weight is 261 g/mol. The summed E-state index contributed by atoms with van der Waals surface area (Å²) in [6.45, 7) is 4.58. The molecule has 0 aliphatic heterocycles. The van der Waals surface area contributed by atoms with E-state index in [-0.39, 0.29) is 12.5 Å². The normalized spacial score (nSPS) is 13.1. The molecular formula is C14H19N3O2. The van der Waals surface area contributed by atoms with Crippen molar-refractivity contribution in [1.29, 1.82) is 0 Å². The highest BCUT2D eigenvalue weighted by atomic mass is 16.4. The number of hydrogen-bond donors (Lipinski definition) is 2. The Balaban J connectivity index is 2.09. The monoisotopic (exact) mass is 261 g/mol. The molecule has 19 heavy (non-hydrogen) atoms. The molecule has 0 amide bonds. The Bertz CT molecular complexity index is 591. The van der Waals surface area contributed by atoms with Crippen molar-refractivity contribution in [1.82, 2.24) is 14.9 Å². The van der Waals surface area contributed by atoms with Crippen molar-refractivity contribution in [2.24, 2.45) is 0 Å². The van der Waals surface area contributed by atoms with Crippen LogP contribution in [0.15, 0.2) is 18.2 Å². The largest absolute Gasteiger partial charge is 0.481 e. The number of hydrogen-bond acceptors (Lipinski definition) is 3. The van der Waals surface area contributed by atoms with Crippen LogP contribution in [0.4, 0.5) is 0 Å². The lowest BCUT2D eigenvalue weighted by Crippen LogP contribution is -2.30.